The maximum atomic E-state index is 14.0. The molecule has 0 radical (unpaired) electrons. The first-order valence-corrected chi connectivity index (χ1v) is 8.82. The minimum absolute atomic E-state index is 0.197. The Bertz CT molecular complexity index is 957. The largest absolute Gasteiger partial charge is 0.284 e. The molecule has 26 heavy (non-hydrogen) atoms. The van der Waals surface area contributed by atoms with E-state index in [2.05, 4.69) is 11.1 Å². The molecular weight excluding hydrogens is 323 g/mol. The van der Waals surface area contributed by atoms with Crippen LogP contribution in [0.1, 0.15) is 24.0 Å². The molecule has 0 saturated carbocycles. The molecule has 2 nitrogen and oxygen atoms in total. The minimum Gasteiger partial charge on any atom is -0.284 e. The van der Waals surface area contributed by atoms with E-state index in [0.717, 1.165) is 41.8 Å². The van der Waals surface area contributed by atoms with Crippen molar-refractivity contribution >= 4 is 11.8 Å². The number of allylic oxidation sites excluding steroid dienone is 1. The van der Waals surface area contributed by atoms with Crippen molar-refractivity contribution in [1.29, 1.82) is 0 Å². The molecule has 128 valence electrons. The van der Waals surface area contributed by atoms with E-state index in [1.165, 1.54) is 11.6 Å². The molecule has 0 spiro atoms. The average Bonchev–Trinajstić information content (AvgIpc) is 2.70. The summed E-state index contributed by atoms with van der Waals surface area (Å²) in [7, 11) is 0. The molecule has 0 saturated heterocycles. The van der Waals surface area contributed by atoms with Gasteiger partial charge >= 0.3 is 0 Å². The minimum atomic E-state index is -0.197. The normalized spacial score (nSPS) is 15.7. The van der Waals surface area contributed by atoms with Crippen molar-refractivity contribution in [2.45, 2.75) is 12.8 Å². The van der Waals surface area contributed by atoms with Gasteiger partial charge in [0.2, 0.25) is 0 Å². The molecule has 3 heteroatoms. The van der Waals surface area contributed by atoms with Crippen LogP contribution in [0.5, 0.6) is 0 Å². The zero-order valence-corrected chi connectivity index (χ0v) is 14.4. The van der Waals surface area contributed by atoms with E-state index in [1.807, 2.05) is 48.7 Å². The quantitative estimate of drug-likeness (QED) is 0.612. The molecule has 2 aromatic carbocycles. The molecule has 4 rings (SSSR count). The number of benzene rings is 2. The van der Waals surface area contributed by atoms with Crippen molar-refractivity contribution in [2.24, 2.45) is 4.99 Å². The third-order valence-corrected chi connectivity index (χ3v) is 4.55. The van der Waals surface area contributed by atoms with Crippen molar-refractivity contribution in [1.82, 2.24) is 4.98 Å². The fourth-order valence-corrected chi connectivity index (χ4v) is 3.26. The van der Waals surface area contributed by atoms with Crippen molar-refractivity contribution in [3.05, 3.63) is 95.6 Å². The predicted molar refractivity (Wildman–Crippen MR) is 105 cm³/mol. The number of hydrogen-bond acceptors (Lipinski definition) is 2. The average molecular weight is 342 g/mol. The fourth-order valence-electron chi connectivity index (χ4n) is 3.26. The summed E-state index contributed by atoms with van der Waals surface area (Å²) in [4.78, 5) is 8.92. The first kappa shape index (κ1) is 16.4. The summed E-state index contributed by atoms with van der Waals surface area (Å²) in [5.74, 6) is -0.197. The molecule has 0 atom stereocenters. The molecule has 0 N–H and O–H groups in total. The Labute approximate surface area is 152 Å². The van der Waals surface area contributed by atoms with Gasteiger partial charge in [0.15, 0.2) is 0 Å². The Hall–Kier alpha value is -3.07. The Morgan fingerprint density at radius 1 is 0.885 bits per heavy atom. The van der Waals surface area contributed by atoms with Crippen LogP contribution in [0.2, 0.25) is 0 Å². The number of pyridine rings is 1. The maximum absolute atomic E-state index is 14.0. The van der Waals surface area contributed by atoms with E-state index in [1.54, 1.807) is 18.3 Å². The van der Waals surface area contributed by atoms with E-state index >= 15 is 0 Å². The Kier molecular flexibility index (Phi) is 4.69. The van der Waals surface area contributed by atoms with Crippen LogP contribution in [0.3, 0.4) is 0 Å². The highest BCUT2D eigenvalue weighted by Crippen LogP contribution is 2.25. The van der Waals surface area contributed by atoms with Gasteiger partial charge in [-0.2, -0.15) is 0 Å². The second-order valence-corrected chi connectivity index (χ2v) is 6.35. The Balaban J connectivity index is 1.64. The number of rotatable bonds is 3. The Morgan fingerprint density at radius 3 is 2.50 bits per heavy atom. The van der Waals surface area contributed by atoms with Gasteiger partial charge < -0.3 is 0 Å². The molecule has 1 aromatic heterocycles. The number of aromatic nitrogens is 1. The van der Waals surface area contributed by atoms with Gasteiger partial charge in [-0.3, -0.25) is 9.98 Å². The second-order valence-electron chi connectivity index (χ2n) is 6.35. The monoisotopic (exact) mass is 342 g/mol. The fraction of sp³-hybridized carbons (Fsp3) is 0.130. The van der Waals surface area contributed by atoms with E-state index < -0.39 is 0 Å². The summed E-state index contributed by atoms with van der Waals surface area (Å²) in [5, 5.41) is 0. The van der Waals surface area contributed by atoms with Gasteiger partial charge in [-0.05, 0) is 53.8 Å². The van der Waals surface area contributed by atoms with Gasteiger partial charge in [-0.25, -0.2) is 4.39 Å². The summed E-state index contributed by atoms with van der Waals surface area (Å²) in [6, 6.07) is 18.8. The van der Waals surface area contributed by atoms with Crippen molar-refractivity contribution in [2.75, 3.05) is 6.54 Å². The number of nitrogens with zero attached hydrogens (tertiary/aromatic N) is 2. The third-order valence-electron chi connectivity index (χ3n) is 4.55. The van der Waals surface area contributed by atoms with Crippen LogP contribution < -0.4 is 0 Å². The third kappa shape index (κ3) is 3.47. The molecule has 0 amide bonds. The molecule has 1 aliphatic heterocycles. The topological polar surface area (TPSA) is 25.2 Å². The zero-order chi connectivity index (χ0) is 17.8. The van der Waals surface area contributed by atoms with E-state index in [-0.39, 0.29) is 5.82 Å². The van der Waals surface area contributed by atoms with Crippen LogP contribution in [0.15, 0.2) is 83.6 Å². The van der Waals surface area contributed by atoms with Crippen LogP contribution >= 0.6 is 0 Å². The van der Waals surface area contributed by atoms with Gasteiger partial charge in [0.1, 0.15) is 5.82 Å². The van der Waals surface area contributed by atoms with Crippen LogP contribution in [0, 0.1) is 5.82 Å². The van der Waals surface area contributed by atoms with Gasteiger partial charge in [0, 0.05) is 30.1 Å². The highest BCUT2D eigenvalue weighted by Gasteiger charge is 2.14. The van der Waals surface area contributed by atoms with Crippen LogP contribution in [-0.4, -0.2) is 17.2 Å². The number of halogens is 1. The molecule has 0 aliphatic carbocycles. The first-order chi connectivity index (χ1) is 12.8. The molecule has 3 aromatic rings. The SMILES string of the molecule is Fc1ccccc1-c1ccc(C=C2CCCN=C2c2cccnc2)cc1. The van der Waals surface area contributed by atoms with Gasteiger partial charge in [0.25, 0.3) is 0 Å². The van der Waals surface area contributed by atoms with E-state index in [9.17, 15) is 4.39 Å². The van der Waals surface area contributed by atoms with Crippen molar-refractivity contribution < 1.29 is 4.39 Å². The van der Waals surface area contributed by atoms with E-state index in [0.29, 0.717) is 5.56 Å². The lowest BCUT2D eigenvalue weighted by molar-refractivity contribution is 0.631. The second kappa shape index (κ2) is 7.44. The van der Waals surface area contributed by atoms with Crippen molar-refractivity contribution in [3.8, 4) is 11.1 Å². The highest BCUT2D eigenvalue weighted by atomic mass is 19.1. The van der Waals surface area contributed by atoms with Crippen LogP contribution in [-0.2, 0) is 0 Å². The summed E-state index contributed by atoms with van der Waals surface area (Å²) in [6.07, 6.45) is 7.87. The van der Waals surface area contributed by atoms with Gasteiger partial charge in [0.05, 0.1) is 5.71 Å². The van der Waals surface area contributed by atoms with Crippen LogP contribution in [0.25, 0.3) is 17.2 Å². The molecule has 2 heterocycles. The van der Waals surface area contributed by atoms with E-state index in [4.69, 9.17) is 4.99 Å². The molecule has 0 fully saturated rings. The highest BCUT2D eigenvalue weighted by molar-refractivity contribution is 6.15. The van der Waals surface area contributed by atoms with Gasteiger partial charge in [-0.1, -0.05) is 42.5 Å². The standard InChI is InChI=1S/C23H19FN2/c24-22-8-2-1-7-21(22)18-11-9-17(10-12-18)15-19-5-4-14-26-23(19)20-6-3-13-25-16-20/h1-3,6-13,15-16H,4-5,14H2. The summed E-state index contributed by atoms with van der Waals surface area (Å²) in [5.41, 5.74) is 5.92. The lowest BCUT2D eigenvalue weighted by Gasteiger charge is -2.16. The van der Waals surface area contributed by atoms with Gasteiger partial charge in [-0.15, -0.1) is 0 Å². The molecule has 0 unspecified atom stereocenters. The molecule has 1 aliphatic rings. The summed E-state index contributed by atoms with van der Waals surface area (Å²) >= 11 is 0. The number of aliphatic imine (C=N–C) groups is 1. The smallest absolute Gasteiger partial charge is 0.131 e. The molecular formula is C23H19FN2. The zero-order valence-electron chi connectivity index (χ0n) is 14.4. The lowest BCUT2D eigenvalue weighted by atomic mass is 9.94. The Morgan fingerprint density at radius 2 is 1.73 bits per heavy atom. The summed E-state index contributed by atoms with van der Waals surface area (Å²) < 4.78 is 14.0. The number of hydrogen-bond donors (Lipinski definition) is 0. The maximum Gasteiger partial charge on any atom is 0.131 e. The van der Waals surface area contributed by atoms with Crippen LogP contribution in [0.4, 0.5) is 4.39 Å². The molecule has 0 bridgehead atoms. The first-order valence-electron chi connectivity index (χ1n) is 8.82. The van der Waals surface area contributed by atoms with Crippen molar-refractivity contribution in [3.63, 3.8) is 0 Å². The lowest BCUT2D eigenvalue weighted by Crippen LogP contribution is -2.11. The summed E-state index contributed by atoms with van der Waals surface area (Å²) in [6.45, 7) is 0.855. The predicted octanol–water partition coefficient (Wildman–Crippen LogP) is 5.55.